The van der Waals surface area contributed by atoms with Gasteiger partial charge < -0.3 is 14.9 Å². The van der Waals surface area contributed by atoms with E-state index in [1.54, 1.807) is 0 Å². The summed E-state index contributed by atoms with van der Waals surface area (Å²) < 4.78 is 65.4. The van der Waals surface area contributed by atoms with E-state index in [9.17, 15) is 32.0 Å². The van der Waals surface area contributed by atoms with Gasteiger partial charge in [-0.2, -0.15) is 18.8 Å². The molecule has 0 fully saturated rings. The SMILES string of the molecule is Cc1c(C#N)c(O)n(CCOCCO)c(=O)c1N=Nc1ccc(S(=O)(=O)Nc2cccc(S(=O)(=O)O)c2)cc1. The second-order valence-electron chi connectivity index (χ2n) is 7.88. The number of rotatable bonds is 11. The van der Waals surface area contributed by atoms with Gasteiger partial charge in [0, 0.05) is 5.56 Å². The number of nitriles is 1. The topological polar surface area (TPSA) is 221 Å². The maximum Gasteiger partial charge on any atom is 0.294 e. The highest BCUT2D eigenvalue weighted by Gasteiger charge is 2.20. The molecule has 0 saturated heterocycles. The Labute approximate surface area is 223 Å². The van der Waals surface area contributed by atoms with Gasteiger partial charge in [-0.3, -0.25) is 18.6 Å². The predicted octanol–water partition coefficient (Wildman–Crippen LogP) is 2.21. The fourth-order valence-corrected chi connectivity index (χ4v) is 4.90. The van der Waals surface area contributed by atoms with Crippen molar-refractivity contribution in [3.8, 4) is 11.9 Å². The number of aromatic nitrogens is 1. The minimum atomic E-state index is -4.53. The summed E-state index contributed by atoms with van der Waals surface area (Å²) in [5, 5.41) is 36.4. The zero-order chi connectivity index (χ0) is 28.8. The van der Waals surface area contributed by atoms with Crippen molar-refractivity contribution in [3.05, 3.63) is 70.0 Å². The number of nitrogens with zero attached hydrogens (tertiary/aromatic N) is 4. The van der Waals surface area contributed by atoms with Crippen molar-refractivity contribution >= 4 is 37.2 Å². The molecule has 0 saturated carbocycles. The fraction of sp³-hybridized carbons (Fsp3) is 0.217. The number of benzene rings is 2. The first-order valence-corrected chi connectivity index (χ1v) is 14.0. The van der Waals surface area contributed by atoms with Crippen LogP contribution in [0, 0.1) is 18.3 Å². The molecular formula is C23H23N5O9S2. The average molecular weight is 578 g/mol. The van der Waals surface area contributed by atoms with Gasteiger partial charge in [0.25, 0.3) is 25.7 Å². The number of anilines is 1. The van der Waals surface area contributed by atoms with Gasteiger partial charge in [0.2, 0.25) is 5.88 Å². The van der Waals surface area contributed by atoms with Crippen LogP contribution in [0.15, 0.2) is 73.3 Å². The highest BCUT2D eigenvalue weighted by molar-refractivity contribution is 7.92. The molecule has 1 heterocycles. The molecule has 0 aliphatic carbocycles. The lowest BCUT2D eigenvalue weighted by Gasteiger charge is -2.13. The third-order valence-corrected chi connectivity index (χ3v) is 7.51. The monoisotopic (exact) mass is 577 g/mol. The first-order valence-electron chi connectivity index (χ1n) is 11.1. The van der Waals surface area contributed by atoms with Gasteiger partial charge in [0.1, 0.15) is 11.6 Å². The number of nitrogens with one attached hydrogen (secondary N) is 1. The molecule has 1 aromatic heterocycles. The molecule has 3 aromatic rings. The normalized spacial score (nSPS) is 11.9. The van der Waals surface area contributed by atoms with Gasteiger partial charge in [0.05, 0.1) is 47.5 Å². The molecule has 0 amide bonds. The van der Waals surface area contributed by atoms with Crippen LogP contribution in [-0.2, 0) is 31.4 Å². The molecule has 0 spiro atoms. The lowest BCUT2D eigenvalue weighted by Crippen LogP contribution is -2.24. The van der Waals surface area contributed by atoms with Crippen molar-refractivity contribution in [2.45, 2.75) is 23.3 Å². The van der Waals surface area contributed by atoms with Gasteiger partial charge in [-0.15, -0.1) is 5.11 Å². The van der Waals surface area contributed by atoms with Crippen LogP contribution in [0.2, 0.25) is 0 Å². The van der Waals surface area contributed by atoms with Crippen molar-refractivity contribution in [2.24, 2.45) is 10.2 Å². The summed E-state index contributed by atoms with van der Waals surface area (Å²) in [7, 11) is -8.68. The van der Waals surface area contributed by atoms with E-state index in [1.807, 2.05) is 6.07 Å². The Morgan fingerprint density at radius 3 is 2.36 bits per heavy atom. The highest BCUT2D eigenvalue weighted by Crippen LogP contribution is 2.27. The Hall–Kier alpha value is -4.14. The first kappa shape index (κ1) is 29.4. The van der Waals surface area contributed by atoms with Crippen LogP contribution >= 0.6 is 0 Å². The van der Waals surface area contributed by atoms with Crippen LogP contribution in [0.4, 0.5) is 17.1 Å². The highest BCUT2D eigenvalue weighted by atomic mass is 32.2. The molecule has 14 nitrogen and oxygen atoms in total. The van der Waals surface area contributed by atoms with Crippen molar-refractivity contribution in [1.29, 1.82) is 5.26 Å². The molecule has 39 heavy (non-hydrogen) atoms. The molecule has 0 aliphatic heterocycles. The number of azo groups is 1. The maximum absolute atomic E-state index is 12.9. The molecule has 4 N–H and O–H groups in total. The van der Waals surface area contributed by atoms with E-state index in [4.69, 9.17) is 14.4 Å². The second kappa shape index (κ2) is 12.1. The van der Waals surface area contributed by atoms with Crippen LogP contribution in [0.1, 0.15) is 11.1 Å². The Kier molecular flexibility index (Phi) is 9.16. The Balaban J connectivity index is 1.86. The zero-order valence-electron chi connectivity index (χ0n) is 20.3. The molecule has 2 aromatic carbocycles. The van der Waals surface area contributed by atoms with E-state index < -0.39 is 36.5 Å². The van der Waals surface area contributed by atoms with E-state index in [0.717, 1.165) is 16.7 Å². The number of ether oxygens (including phenoxy) is 1. The van der Waals surface area contributed by atoms with E-state index in [0.29, 0.717) is 0 Å². The smallest absolute Gasteiger partial charge is 0.294 e. The predicted molar refractivity (Wildman–Crippen MR) is 137 cm³/mol. The molecule has 206 valence electrons. The van der Waals surface area contributed by atoms with Gasteiger partial charge in [-0.05, 0) is 49.4 Å². The van der Waals surface area contributed by atoms with Crippen LogP contribution in [-0.4, -0.2) is 56.0 Å². The van der Waals surface area contributed by atoms with Crippen molar-refractivity contribution in [3.63, 3.8) is 0 Å². The molecule has 0 radical (unpaired) electrons. The van der Waals surface area contributed by atoms with Gasteiger partial charge in [-0.1, -0.05) is 6.07 Å². The molecular weight excluding hydrogens is 554 g/mol. The summed E-state index contributed by atoms with van der Waals surface area (Å²) >= 11 is 0. The Bertz CT molecular complexity index is 1710. The quantitative estimate of drug-likeness (QED) is 0.148. The number of aromatic hydroxyl groups is 1. The minimum absolute atomic E-state index is 0.0250. The van der Waals surface area contributed by atoms with Gasteiger partial charge in [0.15, 0.2) is 5.69 Å². The number of aliphatic hydroxyl groups is 1. The van der Waals surface area contributed by atoms with Crippen LogP contribution in [0.3, 0.4) is 0 Å². The Morgan fingerprint density at radius 2 is 1.74 bits per heavy atom. The van der Waals surface area contributed by atoms with E-state index in [1.165, 1.54) is 43.3 Å². The number of pyridine rings is 1. The molecule has 16 heteroatoms. The first-order chi connectivity index (χ1) is 18.4. The standard InChI is InChI=1S/C23H23N5O9S2/c1-15-20(14-24)22(30)28(9-11-37-12-10-29)23(31)21(15)26-25-16-5-7-18(8-6-16)38(32,33)27-17-3-2-4-19(13-17)39(34,35)36/h2-8,13,27,29-30H,9-12H2,1H3,(H,34,35,36). The van der Waals surface area contributed by atoms with Crippen molar-refractivity contribution in [2.75, 3.05) is 24.5 Å². The van der Waals surface area contributed by atoms with E-state index >= 15 is 0 Å². The largest absolute Gasteiger partial charge is 0.493 e. The van der Waals surface area contributed by atoms with Crippen LogP contribution in [0.5, 0.6) is 5.88 Å². The summed E-state index contributed by atoms with van der Waals surface area (Å²) in [6.45, 7) is 1.07. The summed E-state index contributed by atoms with van der Waals surface area (Å²) in [6.07, 6.45) is 0. The summed E-state index contributed by atoms with van der Waals surface area (Å²) in [5.41, 5.74) is -0.990. The molecule has 0 atom stereocenters. The lowest BCUT2D eigenvalue weighted by atomic mass is 10.1. The van der Waals surface area contributed by atoms with Crippen molar-refractivity contribution < 1.29 is 36.3 Å². The summed E-state index contributed by atoms with van der Waals surface area (Å²) in [6, 6.07) is 11.4. The van der Waals surface area contributed by atoms with Crippen molar-refractivity contribution in [1.82, 2.24) is 4.57 Å². The number of aliphatic hydroxyl groups excluding tert-OH is 1. The Morgan fingerprint density at radius 1 is 1.05 bits per heavy atom. The number of hydrogen-bond donors (Lipinski definition) is 4. The van der Waals surface area contributed by atoms with E-state index in [-0.39, 0.29) is 59.4 Å². The third kappa shape index (κ3) is 7.04. The number of sulfonamides is 1. The zero-order valence-corrected chi connectivity index (χ0v) is 22.0. The summed E-state index contributed by atoms with van der Waals surface area (Å²) in [4.78, 5) is 12.2. The van der Waals surface area contributed by atoms with Crippen LogP contribution in [0.25, 0.3) is 0 Å². The number of hydrogen-bond acceptors (Lipinski definition) is 11. The van der Waals surface area contributed by atoms with E-state index in [2.05, 4.69) is 15.0 Å². The maximum atomic E-state index is 12.9. The van der Waals surface area contributed by atoms with Gasteiger partial charge >= 0.3 is 0 Å². The van der Waals surface area contributed by atoms with Gasteiger partial charge in [-0.25, -0.2) is 8.42 Å². The molecule has 0 bridgehead atoms. The molecule has 0 unspecified atom stereocenters. The van der Waals surface area contributed by atoms with Crippen LogP contribution < -0.4 is 10.3 Å². The molecule has 0 aliphatic rings. The third-order valence-electron chi connectivity index (χ3n) is 5.26. The average Bonchev–Trinajstić information content (AvgIpc) is 2.88. The summed E-state index contributed by atoms with van der Waals surface area (Å²) in [5.74, 6) is -0.560. The lowest BCUT2D eigenvalue weighted by molar-refractivity contribution is 0.0854. The fourth-order valence-electron chi connectivity index (χ4n) is 3.32. The minimum Gasteiger partial charge on any atom is -0.493 e. The second-order valence-corrected chi connectivity index (χ2v) is 11.0. The molecule has 3 rings (SSSR count).